The number of amides is 2. The van der Waals surface area contributed by atoms with E-state index < -0.39 is 0 Å². The zero-order valence-electron chi connectivity index (χ0n) is 15.9. The highest BCUT2D eigenvalue weighted by Crippen LogP contribution is 2.21. The molecule has 0 aliphatic carbocycles. The van der Waals surface area contributed by atoms with Gasteiger partial charge < -0.3 is 9.80 Å². The lowest BCUT2D eigenvalue weighted by Gasteiger charge is -2.33. The highest BCUT2D eigenvalue weighted by Gasteiger charge is 2.24. The molecule has 2 amide bonds. The maximum atomic E-state index is 12.6. The molecule has 4 heteroatoms. The van der Waals surface area contributed by atoms with E-state index in [4.69, 9.17) is 0 Å². The number of rotatable bonds is 7. The first kappa shape index (κ1) is 19.5. The summed E-state index contributed by atoms with van der Waals surface area (Å²) in [5.41, 5.74) is 1.38. The third-order valence-electron chi connectivity index (χ3n) is 5.08. The maximum absolute atomic E-state index is 12.6. The van der Waals surface area contributed by atoms with Gasteiger partial charge in [0.15, 0.2) is 0 Å². The van der Waals surface area contributed by atoms with E-state index in [2.05, 4.69) is 38.1 Å². The molecule has 1 aromatic rings. The third-order valence-corrected chi connectivity index (χ3v) is 5.08. The molecule has 0 N–H and O–H groups in total. The number of nitrogens with zero attached hydrogens (tertiary/aromatic N) is 2. The Morgan fingerprint density at radius 3 is 2.36 bits per heavy atom. The molecule has 0 unspecified atom stereocenters. The van der Waals surface area contributed by atoms with Gasteiger partial charge >= 0.3 is 0 Å². The van der Waals surface area contributed by atoms with Crippen LogP contribution >= 0.6 is 0 Å². The molecule has 0 bridgehead atoms. The Labute approximate surface area is 152 Å². The molecule has 0 radical (unpaired) electrons. The number of benzene rings is 1. The van der Waals surface area contributed by atoms with Gasteiger partial charge in [-0.05, 0) is 43.1 Å². The second kappa shape index (κ2) is 9.59. The number of hydrogen-bond donors (Lipinski definition) is 0. The lowest BCUT2D eigenvalue weighted by atomic mass is 9.90. The van der Waals surface area contributed by atoms with Crippen molar-refractivity contribution in [1.29, 1.82) is 0 Å². The summed E-state index contributed by atoms with van der Waals surface area (Å²) in [4.78, 5) is 28.0. The van der Waals surface area contributed by atoms with Crippen molar-refractivity contribution >= 4 is 11.8 Å². The van der Waals surface area contributed by atoms with Crippen LogP contribution in [-0.2, 0) is 16.0 Å². The van der Waals surface area contributed by atoms with Crippen molar-refractivity contribution in [2.45, 2.75) is 46.5 Å². The van der Waals surface area contributed by atoms with Crippen LogP contribution in [0.5, 0.6) is 0 Å². The van der Waals surface area contributed by atoms with Crippen LogP contribution in [0, 0.1) is 11.8 Å². The Hall–Kier alpha value is -1.84. The summed E-state index contributed by atoms with van der Waals surface area (Å²) in [6.45, 7) is 8.35. The predicted molar refractivity (Wildman–Crippen MR) is 101 cm³/mol. The van der Waals surface area contributed by atoms with E-state index in [1.54, 1.807) is 11.8 Å². The van der Waals surface area contributed by atoms with Crippen molar-refractivity contribution in [3.63, 3.8) is 0 Å². The van der Waals surface area contributed by atoms with E-state index in [0.29, 0.717) is 18.4 Å². The van der Waals surface area contributed by atoms with Gasteiger partial charge in [0.2, 0.25) is 11.8 Å². The lowest BCUT2D eigenvalue weighted by molar-refractivity contribution is -0.140. The van der Waals surface area contributed by atoms with E-state index in [1.165, 1.54) is 5.56 Å². The lowest BCUT2D eigenvalue weighted by Crippen LogP contribution is -2.45. The van der Waals surface area contributed by atoms with Crippen molar-refractivity contribution in [3.05, 3.63) is 35.9 Å². The third kappa shape index (κ3) is 6.52. The zero-order valence-corrected chi connectivity index (χ0v) is 15.9. The molecular formula is C21H32N2O2. The second-order valence-corrected chi connectivity index (χ2v) is 7.64. The summed E-state index contributed by atoms with van der Waals surface area (Å²) in [6.07, 6.45) is 4.13. The number of carbonyl (C=O) groups is 2. The maximum Gasteiger partial charge on any atom is 0.242 e. The molecule has 138 valence electrons. The van der Waals surface area contributed by atoms with Crippen LogP contribution in [0.3, 0.4) is 0 Å². The Morgan fingerprint density at radius 1 is 1.16 bits per heavy atom. The average molecular weight is 344 g/mol. The summed E-state index contributed by atoms with van der Waals surface area (Å²) < 4.78 is 0. The van der Waals surface area contributed by atoms with Crippen LogP contribution in [0.15, 0.2) is 30.3 Å². The average Bonchev–Trinajstić information content (AvgIpc) is 2.59. The molecule has 1 saturated heterocycles. The molecule has 1 fully saturated rings. The van der Waals surface area contributed by atoms with Crippen molar-refractivity contribution in [2.75, 3.05) is 26.2 Å². The number of hydrogen-bond acceptors (Lipinski definition) is 2. The highest BCUT2D eigenvalue weighted by atomic mass is 16.2. The quantitative estimate of drug-likeness (QED) is 0.761. The van der Waals surface area contributed by atoms with E-state index in [9.17, 15) is 9.59 Å². The first-order chi connectivity index (χ1) is 12.0. The van der Waals surface area contributed by atoms with Gasteiger partial charge in [-0.2, -0.15) is 0 Å². The molecule has 1 heterocycles. The highest BCUT2D eigenvalue weighted by molar-refractivity contribution is 5.83. The van der Waals surface area contributed by atoms with Crippen molar-refractivity contribution in [1.82, 2.24) is 9.80 Å². The van der Waals surface area contributed by atoms with E-state index in [1.807, 2.05) is 11.0 Å². The first-order valence-electron chi connectivity index (χ1n) is 9.53. The number of likely N-dealkylation sites (tertiary alicyclic amines) is 1. The minimum absolute atomic E-state index is 0.00652. The second-order valence-electron chi connectivity index (χ2n) is 7.64. The molecular weight excluding hydrogens is 312 g/mol. The van der Waals surface area contributed by atoms with Crippen molar-refractivity contribution < 1.29 is 9.59 Å². The zero-order chi connectivity index (χ0) is 18.2. The van der Waals surface area contributed by atoms with Crippen LogP contribution in [0.25, 0.3) is 0 Å². The molecule has 0 aromatic heterocycles. The van der Waals surface area contributed by atoms with Gasteiger partial charge in [0.05, 0.1) is 6.54 Å². The van der Waals surface area contributed by atoms with E-state index >= 15 is 0 Å². The minimum atomic E-state index is -0.00652. The largest absolute Gasteiger partial charge is 0.341 e. The topological polar surface area (TPSA) is 40.6 Å². The standard InChI is InChI=1S/C21H32N2O2/c1-17(2)9-12-23(18(3)24)16-21(25)22-13-10-20(11-14-22)15-19-7-5-4-6-8-19/h4-8,17,20H,9-16H2,1-3H3. The van der Waals surface area contributed by atoms with Crippen molar-refractivity contribution in [3.8, 4) is 0 Å². The summed E-state index contributed by atoms with van der Waals surface area (Å²) >= 11 is 0. The fraction of sp³-hybridized carbons (Fsp3) is 0.619. The van der Waals surface area contributed by atoms with Gasteiger partial charge in [0.1, 0.15) is 0 Å². The summed E-state index contributed by atoms with van der Waals surface area (Å²) in [5, 5.41) is 0. The fourth-order valence-corrected chi connectivity index (χ4v) is 3.36. The van der Waals surface area contributed by atoms with Crippen LogP contribution < -0.4 is 0 Å². The summed E-state index contributed by atoms with van der Waals surface area (Å²) in [6, 6.07) is 10.6. The Kier molecular flexibility index (Phi) is 7.48. The first-order valence-corrected chi connectivity index (χ1v) is 9.53. The van der Waals surface area contributed by atoms with E-state index in [-0.39, 0.29) is 18.4 Å². The molecule has 1 aliphatic heterocycles. The number of piperidine rings is 1. The van der Waals surface area contributed by atoms with Crippen LogP contribution in [0.1, 0.15) is 45.6 Å². The van der Waals surface area contributed by atoms with Crippen LogP contribution in [-0.4, -0.2) is 47.8 Å². The normalized spacial score (nSPS) is 15.4. The van der Waals surface area contributed by atoms with Gasteiger partial charge in [-0.3, -0.25) is 9.59 Å². The molecule has 2 rings (SSSR count). The fourth-order valence-electron chi connectivity index (χ4n) is 3.36. The van der Waals surface area contributed by atoms with Gasteiger partial charge in [0.25, 0.3) is 0 Å². The van der Waals surface area contributed by atoms with Crippen LogP contribution in [0.4, 0.5) is 0 Å². The minimum Gasteiger partial charge on any atom is -0.341 e. The molecule has 0 atom stereocenters. The number of carbonyl (C=O) groups excluding carboxylic acids is 2. The van der Waals surface area contributed by atoms with Gasteiger partial charge in [-0.1, -0.05) is 44.2 Å². The smallest absolute Gasteiger partial charge is 0.242 e. The summed E-state index contributed by atoms with van der Waals surface area (Å²) in [7, 11) is 0. The monoisotopic (exact) mass is 344 g/mol. The van der Waals surface area contributed by atoms with Crippen molar-refractivity contribution in [2.24, 2.45) is 11.8 Å². The molecule has 0 saturated carbocycles. The van der Waals surface area contributed by atoms with Crippen LogP contribution in [0.2, 0.25) is 0 Å². The van der Waals surface area contributed by atoms with Gasteiger partial charge in [-0.25, -0.2) is 0 Å². The SMILES string of the molecule is CC(=O)N(CCC(C)C)CC(=O)N1CCC(Cc2ccccc2)CC1. The molecule has 1 aliphatic rings. The molecule has 1 aromatic carbocycles. The van der Waals surface area contributed by atoms with Gasteiger partial charge in [-0.15, -0.1) is 0 Å². The van der Waals surface area contributed by atoms with E-state index in [0.717, 1.165) is 38.8 Å². The Bertz CT molecular complexity index is 548. The van der Waals surface area contributed by atoms with Gasteiger partial charge in [0, 0.05) is 26.6 Å². The molecule has 4 nitrogen and oxygen atoms in total. The Morgan fingerprint density at radius 2 is 1.80 bits per heavy atom. The summed E-state index contributed by atoms with van der Waals surface area (Å²) in [5.74, 6) is 1.27. The molecule has 25 heavy (non-hydrogen) atoms. The molecule has 0 spiro atoms. The predicted octanol–water partition coefficient (Wildman–Crippen LogP) is 3.36. The Balaban J connectivity index is 1.78.